The fourth-order valence-corrected chi connectivity index (χ4v) is 6.81. The summed E-state index contributed by atoms with van der Waals surface area (Å²) in [6, 6.07) is 11.7. The summed E-state index contributed by atoms with van der Waals surface area (Å²) in [6.45, 7) is 7.42. The maximum Gasteiger partial charge on any atom is 0.411 e. The molecule has 4 rings (SSSR count). The fraction of sp³-hybridized carbons (Fsp3) is 0.500. The lowest BCUT2D eigenvalue weighted by atomic mass is 9.86. The summed E-state index contributed by atoms with van der Waals surface area (Å²) in [4.78, 5) is 28.7. The predicted molar refractivity (Wildman–Crippen MR) is 145 cm³/mol. The van der Waals surface area contributed by atoms with Gasteiger partial charge >= 0.3 is 6.09 Å². The molecule has 0 bridgehead atoms. The molecule has 1 fully saturated rings. The Kier molecular flexibility index (Phi) is 7.67. The monoisotopic (exact) mass is 527 g/mol. The van der Waals surface area contributed by atoms with Gasteiger partial charge in [-0.05, 0) is 81.8 Å². The van der Waals surface area contributed by atoms with Crippen LogP contribution in [0.25, 0.3) is 11.1 Å². The summed E-state index contributed by atoms with van der Waals surface area (Å²) in [7, 11) is -3.67. The number of fused-ring (bicyclic) bond motifs is 1. The standard InChI is InChI=1S/C28H37N3O5S/c1-19-18-30(27(33)34)25-17-22(21-10-13-23(14-11-21)37(35,36)29-28(2,3)4)12-15-24(25)31(19)26(32)16-20-8-6-5-7-9-20/h10-15,17,19-20,29H,5-9,16,18H2,1-4H3,(H,33,34)/t19-/m0/s1. The van der Waals surface area contributed by atoms with Gasteiger partial charge in [0.05, 0.1) is 22.3 Å². The maximum absolute atomic E-state index is 13.4. The number of benzene rings is 2. The Balaban J connectivity index is 1.65. The molecule has 2 aromatic carbocycles. The van der Waals surface area contributed by atoms with Crippen LogP contribution in [0.4, 0.5) is 16.2 Å². The molecule has 1 atom stereocenters. The molecule has 2 N–H and O–H groups in total. The van der Waals surface area contributed by atoms with Gasteiger partial charge in [0.25, 0.3) is 0 Å². The Labute approximate surface area is 219 Å². The molecule has 1 saturated carbocycles. The Bertz CT molecular complexity index is 1260. The molecule has 1 heterocycles. The molecule has 8 nitrogen and oxygen atoms in total. The number of nitrogens with zero attached hydrogens (tertiary/aromatic N) is 2. The van der Waals surface area contributed by atoms with E-state index in [-0.39, 0.29) is 23.4 Å². The highest BCUT2D eigenvalue weighted by Crippen LogP contribution is 2.40. The average molecular weight is 528 g/mol. The zero-order valence-electron chi connectivity index (χ0n) is 22.0. The van der Waals surface area contributed by atoms with Crippen LogP contribution in [0.1, 0.15) is 66.2 Å². The van der Waals surface area contributed by atoms with E-state index in [0.717, 1.165) is 36.8 Å². The Hall–Kier alpha value is -2.91. The molecule has 200 valence electrons. The van der Waals surface area contributed by atoms with E-state index in [1.54, 1.807) is 62.1 Å². The van der Waals surface area contributed by atoms with Gasteiger partial charge in [-0.15, -0.1) is 0 Å². The van der Waals surface area contributed by atoms with Crippen molar-refractivity contribution in [3.8, 4) is 11.1 Å². The molecule has 2 aromatic rings. The van der Waals surface area contributed by atoms with E-state index in [2.05, 4.69) is 4.72 Å². The molecule has 0 aromatic heterocycles. The third-order valence-electron chi connectivity index (χ3n) is 7.04. The highest BCUT2D eigenvalue weighted by molar-refractivity contribution is 7.89. The van der Waals surface area contributed by atoms with Crippen molar-refractivity contribution >= 4 is 33.4 Å². The lowest BCUT2D eigenvalue weighted by Gasteiger charge is -2.41. The number of carboxylic acid groups (broad SMARTS) is 1. The van der Waals surface area contributed by atoms with E-state index in [1.165, 1.54) is 11.3 Å². The Morgan fingerprint density at radius 2 is 1.59 bits per heavy atom. The third-order valence-corrected chi connectivity index (χ3v) is 8.81. The van der Waals surface area contributed by atoms with E-state index >= 15 is 0 Å². The summed E-state index contributed by atoms with van der Waals surface area (Å²) in [6.07, 6.45) is 5.09. The second-order valence-corrected chi connectivity index (χ2v) is 13.0. The minimum absolute atomic E-state index is 0.0411. The van der Waals surface area contributed by atoms with Crippen LogP contribution in [0.15, 0.2) is 47.4 Å². The SMILES string of the molecule is C[C@H]1CN(C(=O)O)c2cc(-c3ccc(S(=O)(=O)NC(C)(C)C)cc3)ccc2N1C(=O)CC1CCCCC1. The van der Waals surface area contributed by atoms with Crippen molar-refractivity contribution in [3.05, 3.63) is 42.5 Å². The van der Waals surface area contributed by atoms with Gasteiger partial charge < -0.3 is 10.0 Å². The first kappa shape index (κ1) is 27.1. The first-order valence-electron chi connectivity index (χ1n) is 13.0. The molecule has 2 aliphatic rings. The zero-order valence-corrected chi connectivity index (χ0v) is 22.8. The minimum Gasteiger partial charge on any atom is -0.465 e. The first-order chi connectivity index (χ1) is 17.4. The number of anilines is 2. The van der Waals surface area contributed by atoms with Crippen LogP contribution in [-0.4, -0.2) is 43.7 Å². The van der Waals surface area contributed by atoms with Crippen molar-refractivity contribution in [2.24, 2.45) is 5.92 Å². The number of sulfonamides is 1. The van der Waals surface area contributed by atoms with Gasteiger partial charge in [-0.3, -0.25) is 9.69 Å². The maximum atomic E-state index is 13.4. The quantitative estimate of drug-likeness (QED) is 0.525. The van der Waals surface area contributed by atoms with Gasteiger partial charge in [0, 0.05) is 18.5 Å². The number of nitrogens with one attached hydrogen (secondary N) is 1. The third kappa shape index (κ3) is 6.15. The molecule has 37 heavy (non-hydrogen) atoms. The molecule has 2 amide bonds. The van der Waals surface area contributed by atoms with E-state index in [9.17, 15) is 23.1 Å². The highest BCUT2D eigenvalue weighted by Gasteiger charge is 2.36. The van der Waals surface area contributed by atoms with Crippen molar-refractivity contribution < 1.29 is 23.1 Å². The van der Waals surface area contributed by atoms with Crippen LogP contribution in [-0.2, 0) is 14.8 Å². The Morgan fingerprint density at radius 1 is 0.973 bits per heavy atom. The zero-order chi connectivity index (χ0) is 27.0. The van der Waals surface area contributed by atoms with Crippen molar-refractivity contribution in [2.45, 2.75) is 82.7 Å². The number of carbonyl (C=O) groups is 2. The highest BCUT2D eigenvalue weighted by atomic mass is 32.2. The van der Waals surface area contributed by atoms with E-state index in [4.69, 9.17) is 0 Å². The summed E-state index contributed by atoms with van der Waals surface area (Å²) < 4.78 is 28.0. The largest absolute Gasteiger partial charge is 0.465 e. The normalized spacial score (nSPS) is 19.0. The van der Waals surface area contributed by atoms with Crippen molar-refractivity contribution in [3.63, 3.8) is 0 Å². The average Bonchev–Trinajstić information content (AvgIpc) is 2.82. The summed E-state index contributed by atoms with van der Waals surface area (Å²) in [5, 5.41) is 9.92. The molecule has 0 spiro atoms. The molecule has 9 heteroatoms. The van der Waals surface area contributed by atoms with E-state index in [0.29, 0.717) is 23.7 Å². The van der Waals surface area contributed by atoms with Gasteiger partial charge in [-0.25, -0.2) is 17.9 Å². The first-order valence-corrected chi connectivity index (χ1v) is 14.4. The fourth-order valence-electron chi connectivity index (χ4n) is 5.39. The lowest BCUT2D eigenvalue weighted by Crippen LogP contribution is -2.52. The van der Waals surface area contributed by atoms with Gasteiger partial charge in [-0.1, -0.05) is 37.5 Å². The minimum atomic E-state index is -3.67. The molecular formula is C28H37N3O5S. The second kappa shape index (κ2) is 10.5. The molecule has 1 aliphatic carbocycles. The predicted octanol–water partition coefficient (Wildman–Crippen LogP) is 5.62. The molecule has 0 saturated heterocycles. The topological polar surface area (TPSA) is 107 Å². The van der Waals surface area contributed by atoms with Crippen LogP contribution in [0, 0.1) is 5.92 Å². The summed E-state index contributed by atoms with van der Waals surface area (Å²) in [5.74, 6) is 0.426. The number of hydrogen-bond acceptors (Lipinski definition) is 4. The number of carbonyl (C=O) groups excluding carboxylic acids is 1. The van der Waals surface area contributed by atoms with E-state index < -0.39 is 21.7 Å². The van der Waals surface area contributed by atoms with Crippen LogP contribution in [0.2, 0.25) is 0 Å². The van der Waals surface area contributed by atoms with Gasteiger partial charge in [0.1, 0.15) is 0 Å². The molecule has 1 aliphatic heterocycles. The molecule has 0 unspecified atom stereocenters. The van der Waals surface area contributed by atoms with E-state index in [1.807, 2.05) is 13.0 Å². The van der Waals surface area contributed by atoms with Crippen LogP contribution >= 0.6 is 0 Å². The summed E-state index contributed by atoms with van der Waals surface area (Å²) >= 11 is 0. The van der Waals surface area contributed by atoms with Gasteiger partial charge in [0.2, 0.25) is 15.9 Å². The summed E-state index contributed by atoms with van der Waals surface area (Å²) in [5.41, 5.74) is 1.95. The number of hydrogen-bond donors (Lipinski definition) is 2. The smallest absolute Gasteiger partial charge is 0.411 e. The van der Waals surface area contributed by atoms with Crippen molar-refractivity contribution in [1.82, 2.24) is 4.72 Å². The van der Waals surface area contributed by atoms with Crippen LogP contribution in [0.3, 0.4) is 0 Å². The van der Waals surface area contributed by atoms with Gasteiger partial charge in [-0.2, -0.15) is 0 Å². The number of amides is 2. The molecule has 0 radical (unpaired) electrons. The number of rotatable bonds is 5. The second-order valence-electron chi connectivity index (χ2n) is 11.3. The van der Waals surface area contributed by atoms with Crippen molar-refractivity contribution in [2.75, 3.05) is 16.3 Å². The van der Waals surface area contributed by atoms with Crippen LogP contribution in [0.5, 0.6) is 0 Å². The van der Waals surface area contributed by atoms with Gasteiger partial charge in [0.15, 0.2) is 0 Å². The van der Waals surface area contributed by atoms with Crippen molar-refractivity contribution in [1.29, 1.82) is 0 Å². The lowest BCUT2D eigenvalue weighted by molar-refractivity contribution is -0.120. The van der Waals surface area contributed by atoms with Crippen LogP contribution < -0.4 is 14.5 Å². The Morgan fingerprint density at radius 3 is 2.19 bits per heavy atom. The molecular weight excluding hydrogens is 490 g/mol.